The van der Waals surface area contributed by atoms with E-state index in [1.807, 2.05) is 24.0 Å². The van der Waals surface area contributed by atoms with E-state index in [2.05, 4.69) is 22.0 Å². The molecule has 0 saturated carbocycles. The van der Waals surface area contributed by atoms with Crippen LogP contribution < -0.4 is 9.64 Å². The topological polar surface area (TPSA) is 66.9 Å². The minimum atomic E-state index is -3.58. The van der Waals surface area contributed by atoms with Crippen molar-refractivity contribution in [2.75, 3.05) is 31.6 Å². The molecule has 4 rings (SSSR count). The molecule has 2 aliphatic heterocycles. The van der Waals surface area contributed by atoms with Crippen molar-refractivity contribution in [1.82, 2.24) is 4.31 Å². The van der Waals surface area contributed by atoms with Crippen LogP contribution in [0.3, 0.4) is 0 Å². The van der Waals surface area contributed by atoms with Crippen LogP contribution in [-0.4, -0.2) is 45.4 Å². The molecule has 0 unspecified atom stereocenters. The number of halogens is 1. The van der Waals surface area contributed by atoms with Crippen LogP contribution in [0.5, 0.6) is 5.75 Å². The van der Waals surface area contributed by atoms with Gasteiger partial charge in [0.05, 0.1) is 12.0 Å². The Kier molecular flexibility index (Phi) is 5.92. The molecule has 30 heavy (non-hydrogen) atoms. The number of fused-ring (bicyclic) bond motifs is 1. The molecule has 0 aromatic heterocycles. The summed E-state index contributed by atoms with van der Waals surface area (Å²) in [5.41, 5.74) is 2.93. The van der Waals surface area contributed by atoms with Crippen LogP contribution in [0.15, 0.2) is 45.8 Å². The summed E-state index contributed by atoms with van der Waals surface area (Å²) in [5.74, 6) is 0.619. The number of sulfonamides is 1. The molecular weight excluding hydrogens is 468 g/mol. The second-order valence-corrected chi connectivity index (χ2v) is 10.7. The van der Waals surface area contributed by atoms with E-state index in [0.29, 0.717) is 38.2 Å². The number of methoxy groups -OCH3 is 1. The minimum absolute atomic E-state index is 0.105. The number of nitrogens with zero attached hydrogens (tertiary/aromatic N) is 2. The monoisotopic (exact) mass is 492 g/mol. The number of hydrogen-bond acceptors (Lipinski definition) is 4. The van der Waals surface area contributed by atoms with E-state index < -0.39 is 10.0 Å². The highest BCUT2D eigenvalue weighted by atomic mass is 79.9. The Labute approximate surface area is 186 Å². The van der Waals surface area contributed by atoms with Gasteiger partial charge < -0.3 is 9.64 Å². The van der Waals surface area contributed by atoms with E-state index in [0.717, 1.165) is 22.1 Å². The standard InChI is InChI=1S/C22H25BrN2O4S/c1-15-13-19(4-6-21(15)29-2)30(27,28)24-10-7-16(8-11-24)22(26)25-12-9-17-14-18(23)3-5-20(17)25/h3-6,13-14,16H,7-12H2,1-2H3. The summed E-state index contributed by atoms with van der Waals surface area (Å²) in [6.45, 7) is 3.22. The zero-order chi connectivity index (χ0) is 21.5. The predicted octanol–water partition coefficient (Wildman–Crippen LogP) is 3.76. The Morgan fingerprint density at radius 3 is 2.50 bits per heavy atom. The van der Waals surface area contributed by atoms with Crippen molar-refractivity contribution in [2.24, 2.45) is 5.92 Å². The molecule has 0 bridgehead atoms. The SMILES string of the molecule is COc1ccc(S(=O)(=O)N2CCC(C(=O)N3CCc4cc(Br)ccc43)CC2)cc1C. The molecule has 8 heteroatoms. The number of hydrogen-bond donors (Lipinski definition) is 0. The Bertz CT molecular complexity index is 1080. The summed E-state index contributed by atoms with van der Waals surface area (Å²) in [7, 11) is -2.02. The summed E-state index contributed by atoms with van der Waals surface area (Å²) in [6, 6.07) is 10.9. The highest BCUT2D eigenvalue weighted by Crippen LogP contribution is 2.34. The van der Waals surface area contributed by atoms with Gasteiger partial charge in [-0.15, -0.1) is 0 Å². The first kappa shape index (κ1) is 21.3. The smallest absolute Gasteiger partial charge is 0.243 e. The first-order valence-electron chi connectivity index (χ1n) is 10.1. The fourth-order valence-electron chi connectivity index (χ4n) is 4.32. The largest absolute Gasteiger partial charge is 0.496 e. The average molecular weight is 493 g/mol. The van der Waals surface area contributed by atoms with Gasteiger partial charge in [0.15, 0.2) is 0 Å². The van der Waals surface area contributed by atoms with Gasteiger partial charge in [0.25, 0.3) is 0 Å². The van der Waals surface area contributed by atoms with Gasteiger partial charge in [-0.3, -0.25) is 4.79 Å². The van der Waals surface area contributed by atoms with Crippen molar-refractivity contribution in [3.8, 4) is 5.75 Å². The summed E-state index contributed by atoms with van der Waals surface area (Å²) in [5, 5.41) is 0. The Morgan fingerprint density at radius 2 is 1.83 bits per heavy atom. The summed E-state index contributed by atoms with van der Waals surface area (Å²) < 4.78 is 33.8. The highest BCUT2D eigenvalue weighted by molar-refractivity contribution is 9.10. The van der Waals surface area contributed by atoms with E-state index in [1.54, 1.807) is 25.3 Å². The molecule has 0 N–H and O–H groups in total. The van der Waals surface area contributed by atoms with Gasteiger partial charge in [-0.05, 0) is 73.7 Å². The van der Waals surface area contributed by atoms with Crippen molar-refractivity contribution in [2.45, 2.75) is 31.1 Å². The number of piperidine rings is 1. The summed E-state index contributed by atoms with van der Waals surface area (Å²) >= 11 is 3.48. The van der Waals surface area contributed by atoms with E-state index in [9.17, 15) is 13.2 Å². The van der Waals surface area contributed by atoms with Crippen LogP contribution in [0.1, 0.15) is 24.0 Å². The molecule has 1 fully saturated rings. The summed E-state index contributed by atoms with van der Waals surface area (Å²) in [4.78, 5) is 15.3. The molecule has 2 aliphatic rings. The molecule has 0 spiro atoms. The zero-order valence-corrected chi connectivity index (χ0v) is 19.5. The average Bonchev–Trinajstić information content (AvgIpc) is 3.16. The van der Waals surface area contributed by atoms with Crippen molar-refractivity contribution >= 4 is 37.5 Å². The first-order valence-corrected chi connectivity index (χ1v) is 12.3. The Morgan fingerprint density at radius 1 is 1.10 bits per heavy atom. The van der Waals surface area contributed by atoms with Crippen LogP contribution in [0, 0.1) is 12.8 Å². The maximum absolute atomic E-state index is 13.1. The lowest BCUT2D eigenvalue weighted by atomic mass is 9.96. The van der Waals surface area contributed by atoms with Gasteiger partial charge in [-0.1, -0.05) is 15.9 Å². The van der Waals surface area contributed by atoms with Crippen molar-refractivity contribution in [3.63, 3.8) is 0 Å². The molecule has 160 valence electrons. The molecule has 2 heterocycles. The molecular formula is C22H25BrN2O4S. The number of benzene rings is 2. The quantitative estimate of drug-likeness (QED) is 0.651. The molecule has 2 aromatic rings. The number of carbonyl (C=O) groups excluding carboxylic acids is 1. The summed E-state index contributed by atoms with van der Waals surface area (Å²) in [6.07, 6.45) is 1.93. The zero-order valence-electron chi connectivity index (χ0n) is 17.1. The Balaban J connectivity index is 1.44. The number of ether oxygens (including phenoxy) is 1. The number of aryl methyl sites for hydroxylation is 1. The van der Waals surface area contributed by atoms with Gasteiger partial charge in [0.1, 0.15) is 5.75 Å². The van der Waals surface area contributed by atoms with Gasteiger partial charge in [0.2, 0.25) is 15.9 Å². The lowest BCUT2D eigenvalue weighted by Gasteiger charge is -2.32. The molecule has 0 radical (unpaired) electrons. The number of anilines is 1. The second kappa shape index (κ2) is 8.32. The molecule has 1 amide bonds. The maximum Gasteiger partial charge on any atom is 0.243 e. The van der Waals surface area contributed by atoms with Crippen molar-refractivity contribution in [1.29, 1.82) is 0 Å². The minimum Gasteiger partial charge on any atom is -0.496 e. The first-order chi connectivity index (χ1) is 14.3. The van der Waals surface area contributed by atoms with Crippen LogP contribution in [0.25, 0.3) is 0 Å². The van der Waals surface area contributed by atoms with Gasteiger partial charge in [-0.25, -0.2) is 8.42 Å². The normalized spacial score (nSPS) is 17.8. The third kappa shape index (κ3) is 3.88. The molecule has 6 nitrogen and oxygen atoms in total. The number of rotatable bonds is 4. The lowest BCUT2D eigenvalue weighted by Crippen LogP contribution is -2.44. The van der Waals surface area contributed by atoms with E-state index in [4.69, 9.17) is 4.74 Å². The van der Waals surface area contributed by atoms with Gasteiger partial charge in [0, 0.05) is 35.7 Å². The highest BCUT2D eigenvalue weighted by Gasteiger charge is 2.36. The molecule has 1 saturated heterocycles. The lowest BCUT2D eigenvalue weighted by molar-refractivity contribution is -0.123. The molecule has 0 aliphatic carbocycles. The molecule has 2 aromatic carbocycles. The van der Waals surface area contributed by atoms with Crippen molar-refractivity contribution in [3.05, 3.63) is 52.0 Å². The maximum atomic E-state index is 13.1. The fraction of sp³-hybridized carbons (Fsp3) is 0.409. The molecule has 0 atom stereocenters. The van der Waals surface area contributed by atoms with E-state index in [1.165, 1.54) is 9.87 Å². The second-order valence-electron chi connectivity index (χ2n) is 7.82. The third-order valence-corrected chi connectivity index (χ3v) is 8.40. The fourth-order valence-corrected chi connectivity index (χ4v) is 6.29. The number of carbonyl (C=O) groups is 1. The predicted molar refractivity (Wildman–Crippen MR) is 119 cm³/mol. The number of amides is 1. The van der Waals surface area contributed by atoms with Crippen LogP contribution in [-0.2, 0) is 21.2 Å². The van der Waals surface area contributed by atoms with Gasteiger partial charge in [-0.2, -0.15) is 4.31 Å². The third-order valence-electron chi connectivity index (χ3n) is 6.01. The van der Waals surface area contributed by atoms with Gasteiger partial charge >= 0.3 is 0 Å². The van der Waals surface area contributed by atoms with Crippen LogP contribution in [0.4, 0.5) is 5.69 Å². The van der Waals surface area contributed by atoms with Crippen LogP contribution in [0.2, 0.25) is 0 Å². The van der Waals surface area contributed by atoms with E-state index >= 15 is 0 Å². The van der Waals surface area contributed by atoms with Crippen molar-refractivity contribution < 1.29 is 17.9 Å². The Hall–Kier alpha value is -1.90. The van der Waals surface area contributed by atoms with E-state index in [-0.39, 0.29) is 16.7 Å². The van der Waals surface area contributed by atoms with Crippen LogP contribution >= 0.6 is 15.9 Å².